The van der Waals surface area contributed by atoms with Gasteiger partial charge in [-0.05, 0) is 53.6 Å². The first-order valence-electron chi connectivity index (χ1n) is 8.83. The summed E-state index contributed by atoms with van der Waals surface area (Å²) in [6.45, 7) is 0.411. The number of benzene rings is 3. The van der Waals surface area contributed by atoms with E-state index in [4.69, 9.17) is 32.7 Å². The van der Waals surface area contributed by atoms with E-state index in [9.17, 15) is 4.79 Å². The highest BCUT2D eigenvalue weighted by molar-refractivity contribution is 6.34. The topological polar surface area (TPSA) is 47.9 Å². The van der Waals surface area contributed by atoms with Gasteiger partial charge in [0.15, 0.2) is 5.70 Å². The summed E-state index contributed by atoms with van der Waals surface area (Å²) in [5, 5.41) is 1.15. The summed E-state index contributed by atoms with van der Waals surface area (Å²) in [6, 6.07) is 21.9. The fourth-order valence-electron chi connectivity index (χ4n) is 2.76. The Kier molecular flexibility index (Phi) is 5.65. The minimum absolute atomic E-state index is 0.196. The van der Waals surface area contributed by atoms with Gasteiger partial charge in [-0.25, -0.2) is 9.79 Å². The number of aliphatic imine (C=N–C) groups is 1. The fourth-order valence-corrected chi connectivity index (χ4v) is 3.10. The number of carbonyl (C=O) groups is 1. The first-order valence-corrected chi connectivity index (χ1v) is 9.59. The van der Waals surface area contributed by atoms with Crippen molar-refractivity contribution in [2.75, 3.05) is 0 Å². The second-order valence-electron chi connectivity index (χ2n) is 6.30. The number of nitrogens with zero attached hydrogens (tertiary/aromatic N) is 1. The Hall–Kier alpha value is -3.08. The van der Waals surface area contributed by atoms with Gasteiger partial charge >= 0.3 is 5.97 Å². The van der Waals surface area contributed by atoms with Gasteiger partial charge in [-0.3, -0.25) is 0 Å². The molecule has 4 nitrogen and oxygen atoms in total. The van der Waals surface area contributed by atoms with E-state index in [0.717, 1.165) is 11.1 Å². The summed E-state index contributed by atoms with van der Waals surface area (Å²) in [4.78, 5) is 16.5. The van der Waals surface area contributed by atoms with Crippen molar-refractivity contribution in [2.24, 2.45) is 4.99 Å². The Morgan fingerprint density at radius 2 is 1.76 bits per heavy atom. The number of rotatable bonds is 5. The number of carbonyl (C=O) groups excluding carboxylic acids is 1. The van der Waals surface area contributed by atoms with Crippen molar-refractivity contribution in [3.8, 4) is 5.75 Å². The molecule has 1 heterocycles. The van der Waals surface area contributed by atoms with Crippen LogP contribution < -0.4 is 4.74 Å². The van der Waals surface area contributed by atoms with E-state index in [1.54, 1.807) is 30.3 Å². The van der Waals surface area contributed by atoms with Crippen molar-refractivity contribution < 1.29 is 14.3 Å². The van der Waals surface area contributed by atoms with Crippen molar-refractivity contribution in [3.05, 3.63) is 105 Å². The van der Waals surface area contributed by atoms with E-state index in [2.05, 4.69) is 4.99 Å². The molecule has 29 heavy (non-hydrogen) atoms. The monoisotopic (exact) mass is 423 g/mol. The molecule has 0 aromatic heterocycles. The molecule has 0 fully saturated rings. The Balaban J connectivity index is 1.52. The summed E-state index contributed by atoms with van der Waals surface area (Å²) >= 11 is 12.1. The van der Waals surface area contributed by atoms with Gasteiger partial charge in [0, 0.05) is 5.02 Å². The summed E-state index contributed by atoms with van der Waals surface area (Å²) in [7, 11) is 0. The predicted octanol–water partition coefficient (Wildman–Crippen LogP) is 5.92. The molecule has 0 saturated heterocycles. The number of esters is 1. The number of halogens is 2. The molecule has 0 radical (unpaired) electrons. The van der Waals surface area contributed by atoms with E-state index in [1.807, 2.05) is 48.5 Å². The van der Waals surface area contributed by atoms with Crippen LogP contribution in [0.3, 0.4) is 0 Å². The summed E-state index contributed by atoms with van der Waals surface area (Å²) in [6.07, 6.45) is 1.65. The molecule has 0 amide bonds. The van der Waals surface area contributed by atoms with Gasteiger partial charge in [0.2, 0.25) is 5.90 Å². The van der Waals surface area contributed by atoms with Crippen LogP contribution in [0.25, 0.3) is 6.08 Å². The number of ether oxygens (including phenoxy) is 2. The quantitative estimate of drug-likeness (QED) is 0.378. The largest absolute Gasteiger partial charge is 0.489 e. The number of hydrogen-bond donors (Lipinski definition) is 0. The third-order valence-electron chi connectivity index (χ3n) is 4.21. The van der Waals surface area contributed by atoms with E-state index in [-0.39, 0.29) is 11.6 Å². The van der Waals surface area contributed by atoms with Crippen LogP contribution in [0.4, 0.5) is 0 Å². The molecule has 0 N–H and O–H groups in total. The second-order valence-corrected chi connectivity index (χ2v) is 7.15. The predicted molar refractivity (Wildman–Crippen MR) is 114 cm³/mol. The van der Waals surface area contributed by atoms with Gasteiger partial charge in [-0.15, -0.1) is 0 Å². The van der Waals surface area contributed by atoms with Crippen LogP contribution >= 0.6 is 23.2 Å². The first kappa shape index (κ1) is 19.2. The fraction of sp³-hybridized carbons (Fsp3) is 0.0435. The molecule has 4 rings (SSSR count). The molecule has 0 unspecified atom stereocenters. The van der Waals surface area contributed by atoms with Crippen LogP contribution in [0, 0.1) is 0 Å². The third-order valence-corrected chi connectivity index (χ3v) is 4.79. The highest BCUT2D eigenvalue weighted by atomic mass is 35.5. The lowest BCUT2D eigenvalue weighted by Crippen LogP contribution is -2.05. The molecule has 0 aliphatic carbocycles. The molecular weight excluding hydrogens is 409 g/mol. The minimum atomic E-state index is -0.521. The van der Waals surface area contributed by atoms with Crippen LogP contribution in [0.5, 0.6) is 5.75 Å². The molecule has 0 spiro atoms. The van der Waals surface area contributed by atoms with Crippen LogP contribution in [0.1, 0.15) is 16.7 Å². The zero-order valence-corrected chi connectivity index (χ0v) is 16.7. The number of hydrogen-bond acceptors (Lipinski definition) is 4. The average molecular weight is 424 g/mol. The average Bonchev–Trinajstić information content (AvgIpc) is 3.08. The lowest BCUT2D eigenvalue weighted by Gasteiger charge is -2.07. The molecule has 6 heteroatoms. The Bertz CT molecular complexity index is 1120. The molecule has 3 aromatic carbocycles. The van der Waals surface area contributed by atoms with Crippen LogP contribution in [0.15, 0.2) is 83.5 Å². The minimum Gasteiger partial charge on any atom is -0.489 e. The normalized spacial score (nSPS) is 14.6. The van der Waals surface area contributed by atoms with Gasteiger partial charge in [0.1, 0.15) is 12.4 Å². The third kappa shape index (κ3) is 4.67. The van der Waals surface area contributed by atoms with E-state index >= 15 is 0 Å². The van der Waals surface area contributed by atoms with Crippen molar-refractivity contribution in [3.63, 3.8) is 0 Å². The first-order chi connectivity index (χ1) is 14.1. The van der Waals surface area contributed by atoms with Crippen LogP contribution in [-0.4, -0.2) is 11.9 Å². The van der Waals surface area contributed by atoms with Crippen molar-refractivity contribution in [1.82, 2.24) is 0 Å². The maximum Gasteiger partial charge on any atom is 0.363 e. The summed E-state index contributed by atoms with van der Waals surface area (Å²) < 4.78 is 11.1. The summed E-state index contributed by atoms with van der Waals surface area (Å²) in [5.74, 6) is 0.352. The van der Waals surface area contributed by atoms with Crippen molar-refractivity contribution in [1.29, 1.82) is 0 Å². The van der Waals surface area contributed by atoms with Gasteiger partial charge in [-0.1, -0.05) is 59.6 Å². The Morgan fingerprint density at radius 1 is 0.966 bits per heavy atom. The standard InChI is InChI=1S/C23H15Cl2NO3/c24-17-10-8-15(9-11-17)14-28-18-5-3-4-16(12-18)13-21-23(27)29-22(26-21)19-6-1-2-7-20(19)25/h1-13H,14H2. The molecule has 0 bridgehead atoms. The van der Waals surface area contributed by atoms with Crippen LogP contribution in [0.2, 0.25) is 10.0 Å². The van der Waals surface area contributed by atoms with Gasteiger partial charge in [0.25, 0.3) is 0 Å². The number of cyclic esters (lactones) is 1. The highest BCUT2D eigenvalue weighted by Gasteiger charge is 2.25. The van der Waals surface area contributed by atoms with Crippen LogP contribution in [-0.2, 0) is 16.1 Å². The van der Waals surface area contributed by atoms with E-state index < -0.39 is 5.97 Å². The maximum atomic E-state index is 12.2. The summed E-state index contributed by atoms with van der Waals surface area (Å²) in [5.41, 5.74) is 2.56. The lowest BCUT2D eigenvalue weighted by molar-refractivity contribution is -0.129. The molecule has 144 valence electrons. The molecular formula is C23H15Cl2NO3. The molecule has 0 atom stereocenters. The zero-order valence-electron chi connectivity index (χ0n) is 15.1. The van der Waals surface area contributed by atoms with Gasteiger partial charge in [0.05, 0.1) is 10.6 Å². The Morgan fingerprint density at radius 3 is 2.55 bits per heavy atom. The smallest absolute Gasteiger partial charge is 0.363 e. The molecule has 1 aliphatic rings. The van der Waals surface area contributed by atoms with Crippen molar-refractivity contribution in [2.45, 2.75) is 6.61 Å². The van der Waals surface area contributed by atoms with Gasteiger partial charge < -0.3 is 9.47 Å². The van der Waals surface area contributed by atoms with Crippen molar-refractivity contribution >= 4 is 41.1 Å². The molecule has 0 saturated carbocycles. The maximum absolute atomic E-state index is 12.2. The SMILES string of the molecule is O=C1OC(c2ccccc2Cl)=NC1=Cc1cccc(OCc2ccc(Cl)cc2)c1. The molecule has 1 aliphatic heterocycles. The zero-order chi connectivity index (χ0) is 20.2. The van der Waals surface area contributed by atoms with Gasteiger partial charge in [-0.2, -0.15) is 0 Å². The Labute approximate surface area is 178 Å². The molecule has 3 aromatic rings. The highest BCUT2D eigenvalue weighted by Crippen LogP contribution is 2.24. The van der Waals surface area contributed by atoms with E-state index in [1.165, 1.54) is 0 Å². The lowest BCUT2D eigenvalue weighted by atomic mass is 10.2. The second kappa shape index (κ2) is 8.52. The van der Waals surface area contributed by atoms with E-state index in [0.29, 0.717) is 28.0 Å².